The SMILES string of the molecule is CCCc1ccc(C(NCC)c2ccccc2CC)cc1. The van der Waals surface area contributed by atoms with Gasteiger partial charge in [0.25, 0.3) is 0 Å². The van der Waals surface area contributed by atoms with Crippen LogP contribution in [0.4, 0.5) is 0 Å². The summed E-state index contributed by atoms with van der Waals surface area (Å²) in [5.41, 5.74) is 5.63. The molecule has 0 aliphatic heterocycles. The number of rotatable bonds is 7. The third-order valence-electron chi connectivity index (χ3n) is 4.01. The van der Waals surface area contributed by atoms with Gasteiger partial charge < -0.3 is 5.32 Å². The van der Waals surface area contributed by atoms with Crippen LogP contribution in [-0.4, -0.2) is 6.54 Å². The molecule has 1 unspecified atom stereocenters. The predicted octanol–water partition coefficient (Wildman–Crippen LogP) is 4.90. The Morgan fingerprint density at radius 2 is 1.62 bits per heavy atom. The first kappa shape index (κ1) is 15.8. The molecule has 0 saturated carbocycles. The zero-order chi connectivity index (χ0) is 15.1. The van der Waals surface area contributed by atoms with Gasteiger partial charge in [-0.15, -0.1) is 0 Å². The van der Waals surface area contributed by atoms with E-state index in [1.54, 1.807) is 0 Å². The molecule has 1 N–H and O–H groups in total. The lowest BCUT2D eigenvalue weighted by Gasteiger charge is -2.22. The number of hydrogen-bond donors (Lipinski definition) is 1. The van der Waals surface area contributed by atoms with Crippen molar-refractivity contribution in [2.45, 2.75) is 46.1 Å². The molecule has 0 aromatic heterocycles. The van der Waals surface area contributed by atoms with Crippen LogP contribution in [0.2, 0.25) is 0 Å². The molecule has 2 aromatic rings. The minimum atomic E-state index is 0.293. The molecule has 112 valence electrons. The van der Waals surface area contributed by atoms with Crippen molar-refractivity contribution in [3.8, 4) is 0 Å². The van der Waals surface area contributed by atoms with Gasteiger partial charge in [-0.25, -0.2) is 0 Å². The van der Waals surface area contributed by atoms with Crippen molar-refractivity contribution in [1.29, 1.82) is 0 Å². The standard InChI is InChI=1S/C20H27N/c1-4-9-16-12-14-18(15-13-16)20(21-6-3)19-11-8-7-10-17(19)5-2/h7-8,10-15,20-21H,4-6,9H2,1-3H3. The summed E-state index contributed by atoms with van der Waals surface area (Å²) in [5.74, 6) is 0. The molecule has 0 amide bonds. The quantitative estimate of drug-likeness (QED) is 0.761. The van der Waals surface area contributed by atoms with E-state index in [9.17, 15) is 0 Å². The van der Waals surface area contributed by atoms with E-state index in [0.29, 0.717) is 6.04 Å². The maximum Gasteiger partial charge on any atom is 0.0579 e. The Balaban J connectivity index is 2.33. The highest BCUT2D eigenvalue weighted by Crippen LogP contribution is 2.26. The number of aryl methyl sites for hydroxylation is 2. The van der Waals surface area contributed by atoms with Crippen LogP contribution in [-0.2, 0) is 12.8 Å². The number of nitrogens with one attached hydrogen (secondary N) is 1. The van der Waals surface area contributed by atoms with Gasteiger partial charge in [0, 0.05) is 0 Å². The molecule has 1 atom stereocenters. The summed E-state index contributed by atoms with van der Waals surface area (Å²) in [7, 11) is 0. The van der Waals surface area contributed by atoms with E-state index in [4.69, 9.17) is 0 Å². The van der Waals surface area contributed by atoms with Crippen LogP contribution in [0.25, 0.3) is 0 Å². The maximum atomic E-state index is 3.64. The van der Waals surface area contributed by atoms with Gasteiger partial charge in [-0.1, -0.05) is 75.7 Å². The molecular weight excluding hydrogens is 254 g/mol. The molecule has 2 aromatic carbocycles. The maximum absolute atomic E-state index is 3.64. The van der Waals surface area contributed by atoms with Crippen LogP contribution in [0.1, 0.15) is 55.5 Å². The Labute approximate surface area is 129 Å². The van der Waals surface area contributed by atoms with Crippen molar-refractivity contribution in [3.05, 3.63) is 70.8 Å². The van der Waals surface area contributed by atoms with Gasteiger partial charge in [0.2, 0.25) is 0 Å². The van der Waals surface area contributed by atoms with Crippen LogP contribution >= 0.6 is 0 Å². The summed E-state index contributed by atoms with van der Waals surface area (Å²) in [4.78, 5) is 0. The minimum absolute atomic E-state index is 0.293. The van der Waals surface area contributed by atoms with E-state index in [1.807, 2.05) is 0 Å². The molecule has 1 nitrogen and oxygen atoms in total. The first-order valence-corrected chi connectivity index (χ1v) is 8.20. The van der Waals surface area contributed by atoms with Crippen molar-refractivity contribution < 1.29 is 0 Å². The van der Waals surface area contributed by atoms with Crippen LogP contribution in [0.5, 0.6) is 0 Å². The molecule has 0 heterocycles. The molecule has 0 spiro atoms. The molecule has 0 aliphatic carbocycles. The molecule has 0 bridgehead atoms. The second-order valence-electron chi connectivity index (χ2n) is 5.53. The molecular formula is C20H27N. The Hall–Kier alpha value is -1.60. The van der Waals surface area contributed by atoms with Gasteiger partial charge in [-0.05, 0) is 41.6 Å². The smallest absolute Gasteiger partial charge is 0.0579 e. The van der Waals surface area contributed by atoms with Crippen molar-refractivity contribution in [1.82, 2.24) is 5.32 Å². The van der Waals surface area contributed by atoms with Crippen molar-refractivity contribution in [3.63, 3.8) is 0 Å². The van der Waals surface area contributed by atoms with Crippen molar-refractivity contribution in [2.24, 2.45) is 0 Å². The van der Waals surface area contributed by atoms with E-state index in [0.717, 1.165) is 19.4 Å². The van der Waals surface area contributed by atoms with E-state index in [1.165, 1.54) is 28.7 Å². The average Bonchev–Trinajstić information content (AvgIpc) is 2.54. The van der Waals surface area contributed by atoms with E-state index in [2.05, 4.69) is 74.6 Å². The summed E-state index contributed by atoms with van der Waals surface area (Å²) < 4.78 is 0. The lowest BCUT2D eigenvalue weighted by Crippen LogP contribution is -2.23. The molecule has 0 aliphatic rings. The molecule has 0 fully saturated rings. The monoisotopic (exact) mass is 281 g/mol. The Morgan fingerprint density at radius 3 is 2.24 bits per heavy atom. The van der Waals surface area contributed by atoms with Crippen LogP contribution in [0, 0.1) is 0 Å². The average molecular weight is 281 g/mol. The second kappa shape index (κ2) is 7.99. The van der Waals surface area contributed by atoms with E-state index >= 15 is 0 Å². The van der Waals surface area contributed by atoms with Crippen LogP contribution in [0.3, 0.4) is 0 Å². The number of benzene rings is 2. The van der Waals surface area contributed by atoms with E-state index < -0.39 is 0 Å². The largest absolute Gasteiger partial charge is 0.307 e. The van der Waals surface area contributed by atoms with Gasteiger partial charge in [-0.3, -0.25) is 0 Å². The fourth-order valence-electron chi connectivity index (χ4n) is 2.91. The van der Waals surface area contributed by atoms with E-state index in [-0.39, 0.29) is 0 Å². The summed E-state index contributed by atoms with van der Waals surface area (Å²) in [6.07, 6.45) is 3.44. The first-order chi connectivity index (χ1) is 10.3. The highest BCUT2D eigenvalue weighted by Gasteiger charge is 2.15. The molecule has 21 heavy (non-hydrogen) atoms. The highest BCUT2D eigenvalue weighted by atomic mass is 14.9. The fraction of sp³-hybridized carbons (Fsp3) is 0.400. The molecule has 0 saturated heterocycles. The van der Waals surface area contributed by atoms with Crippen LogP contribution < -0.4 is 5.32 Å². The highest BCUT2D eigenvalue weighted by molar-refractivity contribution is 5.38. The van der Waals surface area contributed by atoms with Gasteiger partial charge in [0.15, 0.2) is 0 Å². The van der Waals surface area contributed by atoms with Gasteiger partial charge in [0.05, 0.1) is 6.04 Å². The Bertz CT molecular complexity index is 542. The topological polar surface area (TPSA) is 12.0 Å². The number of hydrogen-bond acceptors (Lipinski definition) is 1. The molecule has 1 heteroatoms. The minimum Gasteiger partial charge on any atom is -0.307 e. The fourth-order valence-corrected chi connectivity index (χ4v) is 2.91. The zero-order valence-electron chi connectivity index (χ0n) is 13.5. The molecule has 0 radical (unpaired) electrons. The van der Waals surface area contributed by atoms with Crippen molar-refractivity contribution >= 4 is 0 Å². The summed E-state index contributed by atoms with van der Waals surface area (Å²) in [6.45, 7) is 7.60. The predicted molar refractivity (Wildman–Crippen MR) is 91.8 cm³/mol. The summed E-state index contributed by atoms with van der Waals surface area (Å²) in [6, 6.07) is 18.2. The third-order valence-corrected chi connectivity index (χ3v) is 4.01. The van der Waals surface area contributed by atoms with Gasteiger partial charge >= 0.3 is 0 Å². The molecule has 2 rings (SSSR count). The van der Waals surface area contributed by atoms with Gasteiger partial charge in [-0.2, -0.15) is 0 Å². The lowest BCUT2D eigenvalue weighted by molar-refractivity contribution is 0.625. The zero-order valence-corrected chi connectivity index (χ0v) is 13.5. The summed E-state index contributed by atoms with van der Waals surface area (Å²) >= 11 is 0. The normalized spacial score (nSPS) is 12.3. The van der Waals surface area contributed by atoms with Crippen LogP contribution in [0.15, 0.2) is 48.5 Å². The van der Waals surface area contributed by atoms with Gasteiger partial charge in [0.1, 0.15) is 0 Å². The first-order valence-electron chi connectivity index (χ1n) is 8.20. The third kappa shape index (κ3) is 3.95. The Morgan fingerprint density at radius 1 is 0.905 bits per heavy atom. The Kier molecular flexibility index (Phi) is 6.01. The lowest BCUT2D eigenvalue weighted by atomic mass is 9.92. The summed E-state index contributed by atoms with van der Waals surface area (Å²) in [5, 5.41) is 3.64. The second-order valence-corrected chi connectivity index (χ2v) is 5.53. The van der Waals surface area contributed by atoms with Crippen molar-refractivity contribution in [2.75, 3.05) is 6.54 Å².